The number of hydrogen-bond acceptors (Lipinski definition) is 3. The summed E-state index contributed by atoms with van der Waals surface area (Å²) in [6, 6.07) is 9.51. The monoisotopic (exact) mass is 246 g/mol. The summed E-state index contributed by atoms with van der Waals surface area (Å²) in [4.78, 5) is 19.3. The highest BCUT2D eigenvalue weighted by Gasteiger charge is 2.08. The summed E-state index contributed by atoms with van der Waals surface area (Å²) in [5, 5.41) is 0.0919. The fourth-order valence-corrected chi connectivity index (χ4v) is 1.73. The standard InChI is InChI=1S/C13H11ClN2O/c1-8-4-3-5-10(6-8)12-7-11(9(2)17)15-13(14)16-12/h3-7H,1-2H3. The Morgan fingerprint density at radius 1 is 1.24 bits per heavy atom. The first-order valence-electron chi connectivity index (χ1n) is 5.19. The third-order valence-electron chi connectivity index (χ3n) is 2.37. The van der Waals surface area contributed by atoms with Crippen molar-refractivity contribution in [3.05, 3.63) is 46.9 Å². The molecule has 0 saturated heterocycles. The molecular formula is C13H11ClN2O. The maximum Gasteiger partial charge on any atom is 0.223 e. The minimum absolute atomic E-state index is 0.0919. The zero-order chi connectivity index (χ0) is 12.4. The first-order chi connectivity index (χ1) is 8.06. The number of ketones is 1. The zero-order valence-electron chi connectivity index (χ0n) is 9.57. The van der Waals surface area contributed by atoms with E-state index in [9.17, 15) is 4.79 Å². The molecule has 3 nitrogen and oxygen atoms in total. The minimum Gasteiger partial charge on any atom is -0.293 e. The second-order valence-electron chi connectivity index (χ2n) is 3.83. The van der Waals surface area contributed by atoms with Crippen LogP contribution in [0.1, 0.15) is 23.0 Å². The van der Waals surface area contributed by atoms with E-state index in [0.717, 1.165) is 11.1 Å². The van der Waals surface area contributed by atoms with Gasteiger partial charge in [0.15, 0.2) is 5.78 Å². The molecule has 0 spiro atoms. The highest BCUT2D eigenvalue weighted by Crippen LogP contribution is 2.20. The van der Waals surface area contributed by atoms with Crippen molar-refractivity contribution in [2.45, 2.75) is 13.8 Å². The van der Waals surface area contributed by atoms with Gasteiger partial charge < -0.3 is 0 Å². The number of nitrogens with zero attached hydrogens (tertiary/aromatic N) is 2. The van der Waals surface area contributed by atoms with Crippen LogP contribution in [0.15, 0.2) is 30.3 Å². The van der Waals surface area contributed by atoms with Gasteiger partial charge in [-0.3, -0.25) is 4.79 Å². The normalized spacial score (nSPS) is 10.3. The van der Waals surface area contributed by atoms with Crippen molar-refractivity contribution < 1.29 is 4.79 Å². The Hall–Kier alpha value is -1.74. The maximum absolute atomic E-state index is 11.3. The molecule has 0 radical (unpaired) electrons. The summed E-state index contributed by atoms with van der Waals surface area (Å²) < 4.78 is 0. The summed E-state index contributed by atoms with van der Waals surface area (Å²) in [6.45, 7) is 3.46. The molecule has 1 aromatic heterocycles. The molecule has 0 atom stereocenters. The molecule has 0 saturated carbocycles. The highest BCUT2D eigenvalue weighted by molar-refractivity contribution is 6.28. The number of aryl methyl sites for hydroxylation is 1. The summed E-state index contributed by atoms with van der Waals surface area (Å²) in [6.07, 6.45) is 0. The molecule has 0 fully saturated rings. The molecule has 1 aromatic carbocycles. The molecule has 0 unspecified atom stereocenters. The molecule has 0 aliphatic carbocycles. The molecule has 86 valence electrons. The minimum atomic E-state index is -0.122. The van der Waals surface area contributed by atoms with Crippen LogP contribution in [-0.4, -0.2) is 15.8 Å². The molecule has 0 amide bonds. The van der Waals surface area contributed by atoms with Gasteiger partial charge in [-0.2, -0.15) is 0 Å². The first kappa shape index (κ1) is 11.7. The van der Waals surface area contributed by atoms with Crippen LogP contribution in [0.2, 0.25) is 5.28 Å². The molecule has 2 aromatic rings. The van der Waals surface area contributed by atoms with Gasteiger partial charge in [0.2, 0.25) is 5.28 Å². The molecule has 0 aliphatic heterocycles. The van der Waals surface area contributed by atoms with Crippen molar-refractivity contribution in [3.8, 4) is 11.3 Å². The third kappa shape index (κ3) is 2.68. The fourth-order valence-electron chi connectivity index (χ4n) is 1.55. The van der Waals surface area contributed by atoms with E-state index < -0.39 is 0 Å². The molecule has 0 bridgehead atoms. The molecule has 0 aliphatic rings. The highest BCUT2D eigenvalue weighted by atomic mass is 35.5. The van der Waals surface area contributed by atoms with E-state index >= 15 is 0 Å². The summed E-state index contributed by atoms with van der Waals surface area (Å²) in [5.41, 5.74) is 3.05. The second kappa shape index (κ2) is 4.63. The smallest absolute Gasteiger partial charge is 0.223 e. The molecule has 2 rings (SSSR count). The van der Waals surface area contributed by atoms with Crippen molar-refractivity contribution in [2.75, 3.05) is 0 Å². The van der Waals surface area contributed by atoms with Gasteiger partial charge in [-0.05, 0) is 30.7 Å². The molecule has 17 heavy (non-hydrogen) atoms. The largest absolute Gasteiger partial charge is 0.293 e. The Kier molecular flexibility index (Phi) is 3.20. The lowest BCUT2D eigenvalue weighted by atomic mass is 10.1. The number of aromatic nitrogens is 2. The summed E-state index contributed by atoms with van der Waals surface area (Å²) in [5.74, 6) is -0.122. The van der Waals surface area contributed by atoms with E-state index in [1.807, 2.05) is 31.2 Å². The molecular weight excluding hydrogens is 236 g/mol. The second-order valence-corrected chi connectivity index (χ2v) is 4.17. The summed E-state index contributed by atoms with van der Waals surface area (Å²) in [7, 11) is 0. The number of carbonyl (C=O) groups is 1. The lowest BCUT2D eigenvalue weighted by molar-refractivity contribution is 0.101. The van der Waals surface area contributed by atoms with E-state index in [0.29, 0.717) is 11.4 Å². The number of benzene rings is 1. The fraction of sp³-hybridized carbons (Fsp3) is 0.154. The predicted octanol–water partition coefficient (Wildman–Crippen LogP) is 3.31. The van der Waals surface area contributed by atoms with Crippen molar-refractivity contribution in [1.82, 2.24) is 9.97 Å². The van der Waals surface area contributed by atoms with Gasteiger partial charge in [-0.15, -0.1) is 0 Å². The number of carbonyl (C=O) groups excluding carboxylic acids is 1. The van der Waals surface area contributed by atoms with Crippen LogP contribution in [0.4, 0.5) is 0 Å². The number of hydrogen-bond donors (Lipinski definition) is 0. The van der Waals surface area contributed by atoms with Crippen LogP contribution in [-0.2, 0) is 0 Å². The van der Waals surface area contributed by atoms with Crippen LogP contribution in [0, 0.1) is 6.92 Å². The predicted molar refractivity (Wildman–Crippen MR) is 67.2 cm³/mol. The van der Waals surface area contributed by atoms with Gasteiger partial charge in [0, 0.05) is 12.5 Å². The average molecular weight is 247 g/mol. The molecule has 1 heterocycles. The van der Waals surface area contributed by atoms with E-state index in [4.69, 9.17) is 11.6 Å². The van der Waals surface area contributed by atoms with Gasteiger partial charge in [0.05, 0.1) is 5.69 Å². The van der Waals surface area contributed by atoms with Crippen LogP contribution in [0.25, 0.3) is 11.3 Å². The quantitative estimate of drug-likeness (QED) is 0.603. The van der Waals surface area contributed by atoms with Gasteiger partial charge in [-0.1, -0.05) is 23.8 Å². The van der Waals surface area contributed by atoms with Crippen molar-refractivity contribution >= 4 is 17.4 Å². The zero-order valence-corrected chi connectivity index (χ0v) is 10.3. The van der Waals surface area contributed by atoms with Crippen LogP contribution in [0.5, 0.6) is 0 Å². The number of halogens is 1. The SMILES string of the molecule is CC(=O)c1cc(-c2cccc(C)c2)nc(Cl)n1. The Balaban J connectivity index is 2.56. The topological polar surface area (TPSA) is 42.9 Å². The third-order valence-corrected chi connectivity index (χ3v) is 2.54. The van der Waals surface area contributed by atoms with Gasteiger partial charge in [0.25, 0.3) is 0 Å². The Bertz CT molecular complexity index is 581. The Morgan fingerprint density at radius 2 is 2.00 bits per heavy atom. The Labute approximate surface area is 104 Å². The van der Waals surface area contributed by atoms with E-state index in [1.165, 1.54) is 6.92 Å². The van der Waals surface area contributed by atoms with E-state index in [-0.39, 0.29) is 11.1 Å². The summed E-state index contributed by atoms with van der Waals surface area (Å²) >= 11 is 5.81. The van der Waals surface area contributed by atoms with Crippen LogP contribution < -0.4 is 0 Å². The lowest BCUT2D eigenvalue weighted by Crippen LogP contribution is -2.00. The van der Waals surface area contributed by atoms with Crippen molar-refractivity contribution in [2.24, 2.45) is 0 Å². The van der Waals surface area contributed by atoms with Gasteiger partial charge in [0.1, 0.15) is 5.69 Å². The van der Waals surface area contributed by atoms with Crippen molar-refractivity contribution in [3.63, 3.8) is 0 Å². The number of Topliss-reactive ketones (excluding diaryl/α,β-unsaturated/α-hetero) is 1. The van der Waals surface area contributed by atoms with Crippen LogP contribution in [0.3, 0.4) is 0 Å². The lowest BCUT2D eigenvalue weighted by Gasteiger charge is -2.04. The molecule has 0 N–H and O–H groups in total. The molecule has 4 heteroatoms. The van der Waals surface area contributed by atoms with E-state index in [1.54, 1.807) is 6.07 Å². The number of rotatable bonds is 2. The van der Waals surface area contributed by atoms with Gasteiger partial charge in [-0.25, -0.2) is 9.97 Å². The average Bonchev–Trinajstić information content (AvgIpc) is 2.28. The Morgan fingerprint density at radius 3 is 2.65 bits per heavy atom. The van der Waals surface area contributed by atoms with Crippen molar-refractivity contribution in [1.29, 1.82) is 0 Å². The van der Waals surface area contributed by atoms with Gasteiger partial charge >= 0.3 is 0 Å². The first-order valence-corrected chi connectivity index (χ1v) is 5.56. The maximum atomic E-state index is 11.3. The van der Waals surface area contributed by atoms with E-state index in [2.05, 4.69) is 9.97 Å². The van der Waals surface area contributed by atoms with Crippen LogP contribution >= 0.6 is 11.6 Å².